The van der Waals surface area contributed by atoms with Crippen LogP contribution in [0.25, 0.3) is 0 Å². The fourth-order valence-electron chi connectivity index (χ4n) is 4.08. The molecule has 6 atom stereocenters. The van der Waals surface area contributed by atoms with Crippen LogP contribution in [0.3, 0.4) is 0 Å². The first-order valence-corrected chi connectivity index (χ1v) is 9.39. The number of esters is 1. The smallest absolute Gasteiger partial charge is 0.334 e. The predicted molar refractivity (Wildman–Crippen MR) is 95.4 cm³/mol. The molecule has 6 nitrogen and oxygen atoms in total. The third-order valence-electron chi connectivity index (χ3n) is 6.33. The standard InChI is InChI=1S/C20H30O6/c1-13-14-6-11-20(4)15(25-20)7-10-18(2,26-23)8-5-9-19(3,22)16(12-14)24-17(13)21/h5,8,14-16,22-23H,1,6-7,9-12H2,2-4H3/b8-5+/t14-,15+,16-,18+,19+,20+/m1/s1. The number of ether oxygens (including phenoxy) is 2. The molecular formula is C20H30O6. The third kappa shape index (κ3) is 3.88. The van der Waals surface area contributed by atoms with Crippen molar-refractivity contribution in [3.63, 3.8) is 0 Å². The van der Waals surface area contributed by atoms with Crippen LogP contribution in [-0.4, -0.2) is 45.3 Å². The van der Waals surface area contributed by atoms with Crippen molar-refractivity contribution in [1.29, 1.82) is 0 Å². The van der Waals surface area contributed by atoms with Gasteiger partial charge in [0.1, 0.15) is 17.3 Å². The molecule has 146 valence electrons. The van der Waals surface area contributed by atoms with E-state index in [0.29, 0.717) is 24.8 Å². The van der Waals surface area contributed by atoms with Crippen LogP contribution in [0.2, 0.25) is 0 Å². The van der Waals surface area contributed by atoms with Gasteiger partial charge in [-0.2, -0.15) is 0 Å². The zero-order valence-corrected chi connectivity index (χ0v) is 15.9. The van der Waals surface area contributed by atoms with E-state index < -0.39 is 23.3 Å². The number of epoxide rings is 1. The SMILES string of the molecule is C=C1C(=O)O[C@@H]2C[C@H]1CC[C@]1(C)O[C@H]1CC[C@@](C)(OO)/C=C/C[C@]2(C)O. The second-order valence-corrected chi connectivity index (χ2v) is 8.72. The van der Waals surface area contributed by atoms with E-state index in [9.17, 15) is 15.2 Å². The van der Waals surface area contributed by atoms with Crippen LogP contribution >= 0.6 is 0 Å². The Morgan fingerprint density at radius 3 is 2.65 bits per heavy atom. The molecule has 6 heteroatoms. The second kappa shape index (κ2) is 6.75. The van der Waals surface area contributed by atoms with Crippen molar-refractivity contribution in [2.45, 2.75) is 88.3 Å². The molecule has 26 heavy (non-hydrogen) atoms. The quantitative estimate of drug-likeness (QED) is 0.185. The average molecular weight is 366 g/mol. The molecule has 0 aromatic rings. The minimum atomic E-state index is -1.20. The molecule has 0 unspecified atom stereocenters. The van der Waals surface area contributed by atoms with Crippen LogP contribution in [0.1, 0.15) is 59.3 Å². The van der Waals surface area contributed by atoms with E-state index in [1.807, 2.05) is 0 Å². The van der Waals surface area contributed by atoms with Crippen molar-refractivity contribution in [2.75, 3.05) is 0 Å². The molecule has 2 saturated heterocycles. The lowest BCUT2D eigenvalue weighted by Gasteiger charge is -2.38. The van der Waals surface area contributed by atoms with Gasteiger partial charge in [0.2, 0.25) is 0 Å². The Balaban J connectivity index is 1.84. The van der Waals surface area contributed by atoms with E-state index in [0.717, 1.165) is 19.3 Å². The van der Waals surface area contributed by atoms with Gasteiger partial charge in [0.05, 0.1) is 11.7 Å². The molecule has 0 saturated carbocycles. The molecule has 0 aromatic heterocycles. The van der Waals surface area contributed by atoms with E-state index in [1.54, 1.807) is 26.0 Å². The van der Waals surface area contributed by atoms with Crippen molar-refractivity contribution in [3.8, 4) is 0 Å². The maximum atomic E-state index is 12.2. The van der Waals surface area contributed by atoms with Gasteiger partial charge in [0, 0.05) is 5.57 Å². The fourth-order valence-corrected chi connectivity index (χ4v) is 4.08. The van der Waals surface area contributed by atoms with Crippen LogP contribution in [0.15, 0.2) is 24.3 Å². The normalized spacial score (nSPS) is 48.1. The van der Waals surface area contributed by atoms with E-state index in [-0.39, 0.29) is 17.6 Å². The maximum absolute atomic E-state index is 12.2. The van der Waals surface area contributed by atoms with Crippen LogP contribution in [0.4, 0.5) is 0 Å². The molecule has 2 bridgehead atoms. The Kier molecular flexibility index (Phi) is 5.07. The van der Waals surface area contributed by atoms with Crippen molar-refractivity contribution >= 4 is 5.97 Å². The van der Waals surface area contributed by atoms with Crippen LogP contribution in [-0.2, 0) is 19.2 Å². The van der Waals surface area contributed by atoms with Gasteiger partial charge in [-0.1, -0.05) is 18.7 Å². The van der Waals surface area contributed by atoms with Gasteiger partial charge in [0.15, 0.2) is 0 Å². The van der Waals surface area contributed by atoms with Gasteiger partial charge in [0.25, 0.3) is 0 Å². The molecule has 2 N–H and O–H groups in total. The molecule has 2 heterocycles. The van der Waals surface area contributed by atoms with Crippen LogP contribution < -0.4 is 0 Å². The molecule has 2 fully saturated rings. The van der Waals surface area contributed by atoms with Crippen molar-refractivity contribution < 1.29 is 29.5 Å². The molecule has 0 radical (unpaired) electrons. The largest absolute Gasteiger partial charge is 0.456 e. The third-order valence-corrected chi connectivity index (χ3v) is 6.33. The Morgan fingerprint density at radius 2 is 1.96 bits per heavy atom. The first-order chi connectivity index (χ1) is 12.1. The summed E-state index contributed by atoms with van der Waals surface area (Å²) in [4.78, 5) is 16.9. The highest BCUT2D eigenvalue weighted by atomic mass is 17.1. The van der Waals surface area contributed by atoms with Gasteiger partial charge in [-0.15, -0.1) is 0 Å². The van der Waals surface area contributed by atoms with Crippen molar-refractivity contribution in [2.24, 2.45) is 5.92 Å². The number of hydrogen-bond donors (Lipinski definition) is 2. The van der Waals surface area contributed by atoms with Gasteiger partial charge < -0.3 is 14.6 Å². The molecule has 0 aromatic carbocycles. The van der Waals surface area contributed by atoms with Crippen LogP contribution in [0, 0.1) is 5.92 Å². The lowest BCUT2D eigenvalue weighted by Crippen LogP contribution is -2.47. The number of carbonyl (C=O) groups is 1. The zero-order valence-electron chi connectivity index (χ0n) is 15.9. The number of aliphatic hydroxyl groups is 1. The monoisotopic (exact) mass is 366 g/mol. The Bertz CT molecular complexity index is 611. The predicted octanol–water partition coefficient (Wildman–Crippen LogP) is 3.15. The van der Waals surface area contributed by atoms with Crippen molar-refractivity contribution in [1.82, 2.24) is 0 Å². The Hall–Kier alpha value is -1.21. The lowest BCUT2D eigenvalue weighted by molar-refractivity contribution is -0.304. The van der Waals surface area contributed by atoms with E-state index in [2.05, 4.69) is 13.5 Å². The maximum Gasteiger partial charge on any atom is 0.334 e. The topological polar surface area (TPSA) is 88.5 Å². The summed E-state index contributed by atoms with van der Waals surface area (Å²) in [6.45, 7) is 9.45. The van der Waals surface area contributed by atoms with Gasteiger partial charge in [-0.25, -0.2) is 9.68 Å². The number of rotatable bonds is 1. The summed E-state index contributed by atoms with van der Waals surface area (Å²) < 4.78 is 11.4. The minimum absolute atomic E-state index is 0.00707. The highest BCUT2D eigenvalue weighted by molar-refractivity contribution is 5.89. The van der Waals surface area contributed by atoms with Crippen LogP contribution in [0.5, 0.6) is 0 Å². The van der Waals surface area contributed by atoms with Gasteiger partial charge in [-0.3, -0.25) is 5.26 Å². The fraction of sp³-hybridized carbons (Fsp3) is 0.750. The molecule has 1 aliphatic carbocycles. The summed E-state index contributed by atoms with van der Waals surface area (Å²) in [5, 5.41) is 20.2. The zero-order chi connectivity index (χ0) is 19.2. The molecule has 0 amide bonds. The van der Waals surface area contributed by atoms with Gasteiger partial charge >= 0.3 is 5.97 Å². The first-order valence-electron chi connectivity index (χ1n) is 9.39. The van der Waals surface area contributed by atoms with E-state index >= 15 is 0 Å². The summed E-state index contributed by atoms with van der Waals surface area (Å²) in [5.74, 6) is -0.433. The summed E-state index contributed by atoms with van der Waals surface area (Å²) in [6, 6.07) is 0. The second-order valence-electron chi connectivity index (χ2n) is 8.72. The minimum Gasteiger partial charge on any atom is -0.456 e. The Morgan fingerprint density at radius 1 is 1.23 bits per heavy atom. The summed E-state index contributed by atoms with van der Waals surface area (Å²) in [6.07, 6.45) is 6.88. The lowest BCUT2D eigenvalue weighted by atomic mass is 9.79. The highest BCUT2D eigenvalue weighted by Crippen LogP contribution is 2.46. The molecular weight excluding hydrogens is 336 g/mol. The number of carbonyl (C=O) groups excluding carboxylic acids is 1. The highest BCUT2D eigenvalue weighted by Gasteiger charge is 2.52. The van der Waals surface area contributed by atoms with Gasteiger partial charge in [-0.05, 0) is 65.2 Å². The molecule has 3 aliphatic rings. The van der Waals surface area contributed by atoms with E-state index in [4.69, 9.17) is 14.4 Å². The van der Waals surface area contributed by atoms with E-state index in [1.165, 1.54) is 0 Å². The average Bonchev–Trinajstić information content (AvgIpc) is 3.24. The first kappa shape index (κ1) is 19.5. The summed E-state index contributed by atoms with van der Waals surface area (Å²) in [5.41, 5.74) is -1.77. The summed E-state index contributed by atoms with van der Waals surface area (Å²) in [7, 11) is 0. The number of hydrogen-bond acceptors (Lipinski definition) is 6. The Labute approximate surface area is 154 Å². The summed E-state index contributed by atoms with van der Waals surface area (Å²) >= 11 is 0. The molecule has 0 spiro atoms. The molecule has 3 rings (SSSR count). The molecule has 2 aliphatic heterocycles. The van der Waals surface area contributed by atoms with Crippen molar-refractivity contribution in [3.05, 3.63) is 24.3 Å². The number of fused-ring (bicyclic) bond motifs is 3.